The van der Waals surface area contributed by atoms with Crippen LogP contribution in [0.2, 0.25) is 0 Å². The van der Waals surface area contributed by atoms with Gasteiger partial charge in [-0.05, 0) is 176 Å². The maximum Gasteiger partial charge on any atom is 0.494 e. The van der Waals surface area contributed by atoms with Gasteiger partial charge in [0.05, 0.1) is 39.3 Å². The van der Waals surface area contributed by atoms with Gasteiger partial charge in [-0.15, -0.1) is 0 Å². The molecule has 2 aliphatic rings. The molecule has 2 bridgehead atoms. The molecule has 10 heteroatoms. The van der Waals surface area contributed by atoms with E-state index >= 15 is 0 Å². The van der Waals surface area contributed by atoms with Crippen molar-refractivity contribution in [1.29, 1.82) is 0 Å². The van der Waals surface area contributed by atoms with Gasteiger partial charge in [0.25, 0.3) is 0 Å². The second-order valence-corrected chi connectivity index (χ2v) is 29.8. The van der Waals surface area contributed by atoms with Crippen molar-refractivity contribution in [2.45, 2.75) is 51.4 Å². The van der Waals surface area contributed by atoms with Crippen LogP contribution >= 0.6 is 15.9 Å². The fourth-order valence-electron chi connectivity index (χ4n) is 15.8. The standard InChI is InChI=1S/C40H24N2O.C34H32BNO3.C18H14BrN.C6H6/c1-2-10-28-24(8-1)9-7-13-35(28)41-27-17-19-32-31-18-16-25(22-38(31)43-39(32)23-27)26-20-33-29-11-3-5-14-36(29)42-37-15-6-4-12-30(37)34(21-26)40(33)42;1-33(2)34(3,4)39-35(38-33)24-17-19-28-29-20-18-26(22-32(29)37-31(28)21-24)36(25-13-6-5-7-14-25)30-16-10-12-23-11-8-9-15-27(23)30;1-3-6-17-13(2)20-12-15(17)11-16(19)10-9-14-7-4-5-8-18(14)20;1-2-4-6-5-3-1/h1-23,41H;5-15,17-22,30H,16H2,1-4H3;3-12H,1-2H2;1-6H/b;;10-9?,16-11?,17-6+;. The monoisotopic (exact) mass is 1460 g/mol. The number of hydrogen-bond donors (Lipinski definition) is 1. The molecule has 7 heterocycles. The predicted octanol–water partition coefficient (Wildman–Crippen LogP) is 25.0. The van der Waals surface area contributed by atoms with E-state index < -0.39 is 7.12 Å². The molecule has 0 radical (unpaired) electrons. The van der Waals surface area contributed by atoms with Crippen LogP contribution < -0.4 is 26.2 Å². The highest BCUT2D eigenvalue weighted by atomic mass is 79.9. The van der Waals surface area contributed by atoms with Gasteiger partial charge in [0, 0.05) is 110 Å². The average molecular weight is 1460 g/mol. The molecule has 1 aliphatic carbocycles. The van der Waals surface area contributed by atoms with E-state index in [4.69, 9.17) is 18.1 Å². The Morgan fingerprint density at radius 1 is 0.472 bits per heavy atom. The molecule has 0 amide bonds. The molecule has 6 aromatic heterocycles. The van der Waals surface area contributed by atoms with Gasteiger partial charge in [-0.2, -0.15) is 0 Å². The van der Waals surface area contributed by atoms with Crippen molar-refractivity contribution >= 4 is 179 Å². The number of nitrogens with zero attached hydrogens (tertiary/aromatic N) is 3. The maximum atomic E-state index is 6.50. The van der Waals surface area contributed by atoms with Crippen LogP contribution in [0.15, 0.2) is 348 Å². The van der Waals surface area contributed by atoms with Gasteiger partial charge < -0.3 is 37.2 Å². The molecule has 21 rings (SSSR count). The quantitative estimate of drug-likeness (QED) is 0.153. The van der Waals surface area contributed by atoms with Crippen LogP contribution in [0.1, 0.15) is 51.3 Å². The van der Waals surface area contributed by atoms with Crippen LogP contribution in [0.3, 0.4) is 0 Å². The lowest BCUT2D eigenvalue weighted by atomic mass is 9.79. The fourth-order valence-corrected chi connectivity index (χ4v) is 16.2. The molecule has 8 nitrogen and oxygen atoms in total. The van der Waals surface area contributed by atoms with Crippen LogP contribution in [-0.4, -0.2) is 27.1 Å². The first-order chi connectivity index (χ1) is 52.8. The summed E-state index contributed by atoms with van der Waals surface area (Å²) in [6.07, 6.45) is 11.4. The van der Waals surface area contributed by atoms with E-state index in [1.165, 1.54) is 65.6 Å². The van der Waals surface area contributed by atoms with Crippen LogP contribution in [-0.2, 0) is 9.31 Å². The normalized spacial score (nSPS) is 14.5. The van der Waals surface area contributed by atoms with Gasteiger partial charge in [-0.1, -0.05) is 248 Å². The number of aromatic nitrogens is 2. The molecule has 1 saturated heterocycles. The third kappa shape index (κ3) is 12.3. The number of allylic oxidation sites excluding steroid dienone is 1. The summed E-state index contributed by atoms with van der Waals surface area (Å²) in [5.74, 6) is 0. The summed E-state index contributed by atoms with van der Waals surface area (Å²) in [7, 11) is -0.420. The van der Waals surface area contributed by atoms with Crippen molar-refractivity contribution in [3.05, 3.63) is 360 Å². The molecule has 1 N–H and O–H groups in total. The summed E-state index contributed by atoms with van der Waals surface area (Å²) in [5, 5.41) is 20.0. The third-order valence-electron chi connectivity index (χ3n) is 21.8. The number of rotatable bonds is 8. The van der Waals surface area contributed by atoms with Gasteiger partial charge in [0.1, 0.15) is 22.3 Å². The van der Waals surface area contributed by atoms with Gasteiger partial charge >= 0.3 is 7.12 Å². The third-order valence-corrected chi connectivity index (χ3v) is 22.3. The molecular formula is C98H76BBrN4O4. The number of halogens is 1. The number of furan rings is 2. The maximum absolute atomic E-state index is 6.50. The highest BCUT2D eigenvalue weighted by molar-refractivity contribution is 9.10. The van der Waals surface area contributed by atoms with Crippen molar-refractivity contribution in [3.63, 3.8) is 0 Å². The van der Waals surface area contributed by atoms with Gasteiger partial charge in [0.15, 0.2) is 0 Å². The molecule has 1 unspecified atom stereocenters. The van der Waals surface area contributed by atoms with Gasteiger partial charge in [-0.25, -0.2) is 0 Å². The minimum absolute atomic E-state index is 0.186. The van der Waals surface area contributed by atoms with Crippen LogP contribution in [0, 0.1) is 0 Å². The summed E-state index contributed by atoms with van der Waals surface area (Å²) in [6, 6.07) is 109. The second kappa shape index (κ2) is 27.8. The number of nitrogens with one attached hydrogen (secondary N) is 1. The lowest BCUT2D eigenvalue weighted by molar-refractivity contribution is 0.00578. The molecule has 0 saturated carbocycles. The number of benzene rings is 13. The lowest BCUT2D eigenvalue weighted by Gasteiger charge is -2.36. The molecule has 522 valence electrons. The predicted molar refractivity (Wildman–Crippen MR) is 459 cm³/mol. The number of fused-ring (bicyclic) bond motifs is 18. The van der Waals surface area contributed by atoms with E-state index in [0.717, 1.165) is 115 Å². The molecular weight excluding hydrogens is 1390 g/mol. The first-order valence-electron chi connectivity index (χ1n) is 36.8. The molecule has 1 aliphatic heterocycles. The number of anilines is 4. The summed E-state index contributed by atoms with van der Waals surface area (Å²) < 4.78 is 31.2. The fraction of sp³-hybridized carbons (Fsp3) is 0.0816. The first-order valence-corrected chi connectivity index (χ1v) is 37.6. The smallest absolute Gasteiger partial charge is 0.456 e. The van der Waals surface area contributed by atoms with Crippen molar-refractivity contribution in [3.8, 4) is 11.1 Å². The highest BCUT2D eigenvalue weighted by Crippen LogP contribution is 2.46. The minimum Gasteiger partial charge on any atom is -0.456 e. The Hall–Kier alpha value is -12.4. The number of para-hydroxylation sites is 4. The lowest BCUT2D eigenvalue weighted by Crippen LogP contribution is -2.41. The summed E-state index contributed by atoms with van der Waals surface area (Å²) >= 11 is 3.59. The van der Waals surface area contributed by atoms with E-state index in [2.05, 4.69) is 355 Å². The Balaban J connectivity index is 0.000000116. The largest absolute Gasteiger partial charge is 0.494 e. The Morgan fingerprint density at radius 2 is 1.04 bits per heavy atom. The second-order valence-electron chi connectivity index (χ2n) is 28.9. The van der Waals surface area contributed by atoms with Crippen LogP contribution in [0.25, 0.3) is 139 Å². The zero-order chi connectivity index (χ0) is 73.2. The van der Waals surface area contributed by atoms with E-state index in [1.807, 2.05) is 54.6 Å². The van der Waals surface area contributed by atoms with Gasteiger partial charge in [0.2, 0.25) is 0 Å². The zero-order valence-corrected chi connectivity index (χ0v) is 62.0. The van der Waals surface area contributed by atoms with Crippen LogP contribution in [0.5, 0.6) is 0 Å². The summed E-state index contributed by atoms with van der Waals surface area (Å²) in [4.78, 5) is 2.44. The topological polar surface area (TPSA) is 68.8 Å². The zero-order valence-electron chi connectivity index (χ0n) is 60.5. The van der Waals surface area contributed by atoms with Crippen molar-refractivity contribution in [2.24, 2.45) is 0 Å². The van der Waals surface area contributed by atoms with E-state index in [9.17, 15) is 0 Å². The van der Waals surface area contributed by atoms with E-state index in [0.29, 0.717) is 0 Å². The van der Waals surface area contributed by atoms with E-state index in [1.54, 1.807) is 6.08 Å². The SMILES string of the molecule is C=C/C=c1\c(=C)n2cc1cc(Br)ccc1ccccc12.CC1(C)OB(c2ccc3c(c2)oc2cc(N(c4ccccc4)C4CC=Cc5ccccc54)ccc23)OC1(C)C.c1ccc2c(Nc3ccc4c(c3)oc3cc(-c5cc6c7ccccc7n7c8ccccc8c(c5)c67)ccc34)cccc2c1.c1ccccc1. The average Bonchev–Trinajstić information content (AvgIpc) is 1.54. The molecule has 19 aromatic rings. The molecule has 13 aromatic carbocycles. The summed E-state index contributed by atoms with van der Waals surface area (Å²) in [5.41, 5.74) is 17.9. The van der Waals surface area contributed by atoms with E-state index in [-0.39, 0.29) is 17.2 Å². The highest BCUT2D eigenvalue weighted by Gasteiger charge is 2.52. The van der Waals surface area contributed by atoms with Crippen molar-refractivity contribution in [1.82, 2.24) is 8.80 Å². The summed E-state index contributed by atoms with van der Waals surface area (Å²) in [6.45, 7) is 16.3. The Morgan fingerprint density at radius 3 is 1.74 bits per heavy atom. The molecule has 1 fully saturated rings. The Kier molecular flexibility index (Phi) is 17.4. The van der Waals surface area contributed by atoms with Crippen molar-refractivity contribution in [2.75, 3.05) is 10.2 Å². The molecule has 1 atom stereocenters. The molecule has 0 spiro atoms. The Bertz CT molecular complexity index is 6740. The van der Waals surface area contributed by atoms with Crippen molar-refractivity contribution < 1.29 is 18.1 Å². The first kappa shape index (κ1) is 67.4. The number of hydrogen-bond acceptors (Lipinski definition) is 6. The minimum atomic E-state index is -0.420. The Labute approximate surface area is 634 Å². The van der Waals surface area contributed by atoms with Crippen LogP contribution in [0.4, 0.5) is 22.7 Å². The molecule has 108 heavy (non-hydrogen) atoms. The van der Waals surface area contributed by atoms with Gasteiger partial charge in [-0.3, -0.25) is 0 Å².